The lowest BCUT2D eigenvalue weighted by Gasteiger charge is -2.37. The van der Waals surface area contributed by atoms with Crippen molar-refractivity contribution in [3.8, 4) is 16.9 Å². The van der Waals surface area contributed by atoms with Crippen molar-refractivity contribution >= 4 is 12.4 Å². The molecule has 1 atom stereocenters. The molecule has 0 heterocycles. The summed E-state index contributed by atoms with van der Waals surface area (Å²) in [6.45, 7) is 0.897. The molecule has 1 amide bonds. The summed E-state index contributed by atoms with van der Waals surface area (Å²) < 4.78 is 11.1. The maximum atomic E-state index is 12.8. The van der Waals surface area contributed by atoms with Gasteiger partial charge in [0.15, 0.2) is 0 Å². The number of carbonyl (C=O) groups is 2. The normalized spacial score (nSPS) is 12.9. The molecule has 0 bridgehead atoms. The maximum absolute atomic E-state index is 12.8. The van der Waals surface area contributed by atoms with E-state index in [1.54, 1.807) is 7.11 Å². The van der Waals surface area contributed by atoms with Gasteiger partial charge in [0.05, 0.1) is 18.7 Å². The summed E-state index contributed by atoms with van der Waals surface area (Å²) in [7, 11) is 1.67. The van der Waals surface area contributed by atoms with Crippen molar-refractivity contribution in [2.24, 2.45) is 0 Å². The van der Waals surface area contributed by atoms with Gasteiger partial charge in [0.25, 0.3) is 0 Å². The summed E-state index contributed by atoms with van der Waals surface area (Å²) in [5.74, 6) is 0.765. The van der Waals surface area contributed by atoms with Gasteiger partial charge in [-0.3, -0.25) is 5.32 Å². The zero-order valence-electron chi connectivity index (χ0n) is 26.6. The molecule has 0 aliphatic heterocycles. The van der Waals surface area contributed by atoms with Crippen LogP contribution < -0.4 is 15.4 Å². The van der Waals surface area contributed by atoms with Gasteiger partial charge in [-0.05, 0) is 76.9 Å². The molecule has 0 saturated heterocycles. The number of methoxy groups -OCH3 is 1. The minimum atomic E-state index is -0.625. The second-order valence-electron chi connectivity index (χ2n) is 11.8. The Labute approximate surface area is 276 Å². The Hall–Kier alpha value is -5.20. The minimum Gasteiger partial charge on any atom is -0.497 e. The number of aldehydes is 1. The molecule has 6 nitrogen and oxygen atoms in total. The van der Waals surface area contributed by atoms with Crippen LogP contribution in [0.5, 0.6) is 5.75 Å². The highest BCUT2D eigenvalue weighted by Crippen LogP contribution is 2.44. The van der Waals surface area contributed by atoms with Gasteiger partial charge < -0.3 is 19.6 Å². The van der Waals surface area contributed by atoms with Crippen molar-refractivity contribution in [2.45, 2.75) is 36.8 Å². The van der Waals surface area contributed by atoms with E-state index in [2.05, 4.69) is 95.6 Å². The SMILES string of the molecule is COc1ccc(C(NCCCCC(C=O)NC(=O)OCC2c3ccccc3-c3ccccc32)(c2ccccc2)c2ccccc2)cc1. The van der Waals surface area contributed by atoms with Gasteiger partial charge >= 0.3 is 6.09 Å². The molecule has 5 aromatic carbocycles. The number of carbonyl (C=O) groups excluding carboxylic acids is 2. The Kier molecular flexibility index (Phi) is 10.1. The fourth-order valence-electron chi connectivity index (χ4n) is 6.75. The number of fused-ring (bicyclic) bond motifs is 3. The average Bonchev–Trinajstić information content (AvgIpc) is 3.46. The van der Waals surface area contributed by atoms with Crippen LogP contribution in [0.3, 0.4) is 0 Å². The first-order valence-electron chi connectivity index (χ1n) is 16.2. The second kappa shape index (κ2) is 14.9. The quantitative estimate of drug-likeness (QED) is 0.0748. The molecule has 2 N–H and O–H groups in total. The van der Waals surface area contributed by atoms with Crippen LogP contribution in [0.4, 0.5) is 4.79 Å². The fourth-order valence-corrected chi connectivity index (χ4v) is 6.75. The van der Waals surface area contributed by atoms with Crippen LogP contribution in [0.2, 0.25) is 0 Å². The Morgan fingerprint density at radius 2 is 1.26 bits per heavy atom. The van der Waals surface area contributed by atoms with Crippen LogP contribution in [0, 0.1) is 0 Å². The summed E-state index contributed by atoms with van der Waals surface area (Å²) in [6.07, 6.45) is 2.27. The number of rotatable bonds is 14. The number of unbranched alkanes of at least 4 members (excludes halogenated alkanes) is 1. The van der Waals surface area contributed by atoms with Crippen molar-refractivity contribution in [1.82, 2.24) is 10.6 Å². The highest BCUT2D eigenvalue weighted by atomic mass is 16.5. The Bertz CT molecular complexity index is 1690. The van der Waals surface area contributed by atoms with Crippen molar-refractivity contribution < 1.29 is 19.1 Å². The first-order chi connectivity index (χ1) is 23.1. The number of hydrogen-bond acceptors (Lipinski definition) is 5. The first kappa shape index (κ1) is 31.8. The van der Waals surface area contributed by atoms with Crippen LogP contribution >= 0.6 is 0 Å². The molecule has 1 unspecified atom stereocenters. The van der Waals surface area contributed by atoms with Crippen LogP contribution in [-0.4, -0.2) is 38.7 Å². The van der Waals surface area contributed by atoms with Gasteiger partial charge in [-0.15, -0.1) is 0 Å². The largest absolute Gasteiger partial charge is 0.497 e. The summed E-state index contributed by atoms with van der Waals surface area (Å²) in [5, 5.41) is 6.65. The van der Waals surface area contributed by atoms with E-state index in [1.807, 2.05) is 48.5 Å². The number of nitrogens with one attached hydrogen (secondary N) is 2. The Morgan fingerprint density at radius 3 is 1.81 bits per heavy atom. The van der Waals surface area contributed by atoms with Crippen LogP contribution in [0.1, 0.15) is 53.0 Å². The Morgan fingerprint density at radius 1 is 0.723 bits per heavy atom. The highest BCUT2D eigenvalue weighted by molar-refractivity contribution is 5.79. The van der Waals surface area contributed by atoms with Gasteiger partial charge in [0.1, 0.15) is 18.6 Å². The number of alkyl carbamates (subject to hydrolysis) is 1. The van der Waals surface area contributed by atoms with Crippen LogP contribution in [-0.2, 0) is 15.1 Å². The third-order valence-corrected chi connectivity index (χ3v) is 9.08. The molecule has 1 aliphatic carbocycles. The minimum absolute atomic E-state index is 0.0332. The summed E-state index contributed by atoms with van der Waals surface area (Å²) in [5.41, 5.74) is 7.39. The van der Waals surface area contributed by atoms with Crippen molar-refractivity contribution in [3.63, 3.8) is 0 Å². The molecule has 0 fully saturated rings. The third kappa shape index (κ3) is 6.83. The fraction of sp³-hybridized carbons (Fsp3) is 0.220. The zero-order chi connectivity index (χ0) is 32.5. The summed E-state index contributed by atoms with van der Waals surface area (Å²) in [4.78, 5) is 24.8. The van der Waals surface area contributed by atoms with Gasteiger partial charge in [-0.1, -0.05) is 121 Å². The van der Waals surface area contributed by atoms with Crippen molar-refractivity contribution in [2.75, 3.05) is 20.3 Å². The number of amides is 1. The number of benzene rings is 5. The van der Waals surface area contributed by atoms with Crippen LogP contribution in [0.25, 0.3) is 11.1 Å². The topological polar surface area (TPSA) is 76.7 Å². The van der Waals surface area contributed by atoms with Crippen molar-refractivity contribution in [1.29, 1.82) is 0 Å². The van der Waals surface area contributed by atoms with E-state index < -0.39 is 17.7 Å². The lowest BCUT2D eigenvalue weighted by molar-refractivity contribution is -0.109. The molecule has 47 heavy (non-hydrogen) atoms. The van der Waals surface area contributed by atoms with E-state index >= 15 is 0 Å². The van der Waals surface area contributed by atoms with Crippen molar-refractivity contribution in [3.05, 3.63) is 161 Å². The molecule has 5 aromatic rings. The number of ether oxygens (including phenoxy) is 2. The molecule has 0 radical (unpaired) electrons. The lowest BCUT2D eigenvalue weighted by Crippen LogP contribution is -2.45. The molecule has 1 aliphatic rings. The van der Waals surface area contributed by atoms with E-state index in [0.29, 0.717) is 13.0 Å². The van der Waals surface area contributed by atoms with E-state index in [-0.39, 0.29) is 12.5 Å². The predicted octanol–water partition coefficient (Wildman–Crippen LogP) is 7.85. The van der Waals surface area contributed by atoms with Gasteiger partial charge in [-0.25, -0.2) is 4.79 Å². The average molecular weight is 625 g/mol. The molecule has 0 aromatic heterocycles. The second-order valence-corrected chi connectivity index (χ2v) is 11.8. The summed E-state index contributed by atoms with van der Waals surface area (Å²) in [6, 6.07) is 44.9. The van der Waals surface area contributed by atoms with E-state index in [9.17, 15) is 9.59 Å². The molecule has 238 valence electrons. The Balaban J connectivity index is 1.08. The third-order valence-electron chi connectivity index (χ3n) is 9.08. The molecule has 6 rings (SSSR count). The van der Waals surface area contributed by atoms with E-state index in [0.717, 1.165) is 52.7 Å². The smallest absolute Gasteiger partial charge is 0.407 e. The molecular weight excluding hydrogens is 584 g/mol. The monoisotopic (exact) mass is 624 g/mol. The lowest BCUT2D eigenvalue weighted by atomic mass is 9.77. The zero-order valence-corrected chi connectivity index (χ0v) is 26.6. The maximum Gasteiger partial charge on any atom is 0.407 e. The van der Waals surface area contributed by atoms with Crippen LogP contribution in [0.15, 0.2) is 133 Å². The van der Waals surface area contributed by atoms with E-state index in [1.165, 1.54) is 11.1 Å². The molecule has 6 heteroatoms. The molecule has 0 spiro atoms. The molecular formula is C41H40N2O4. The van der Waals surface area contributed by atoms with Gasteiger partial charge in [0, 0.05) is 5.92 Å². The standard InChI is InChI=1S/C41H40N2O4/c1-46-34-25-23-32(24-26-34)41(30-14-4-2-5-15-30,31-16-6-3-7-17-31)42-27-13-12-18-33(28-44)43-40(45)47-29-39-37-21-10-8-19-35(37)36-20-9-11-22-38(36)39/h2-11,14-17,19-26,28,33,39,42H,12-13,18,27,29H2,1H3,(H,43,45). The van der Waals surface area contributed by atoms with Gasteiger partial charge in [0.2, 0.25) is 0 Å². The first-order valence-corrected chi connectivity index (χ1v) is 16.2. The summed E-state index contributed by atoms with van der Waals surface area (Å²) >= 11 is 0. The molecule has 0 saturated carbocycles. The van der Waals surface area contributed by atoms with E-state index in [4.69, 9.17) is 9.47 Å². The highest BCUT2D eigenvalue weighted by Gasteiger charge is 2.36. The van der Waals surface area contributed by atoms with Gasteiger partial charge in [-0.2, -0.15) is 0 Å². The number of hydrogen-bond donors (Lipinski definition) is 2. The predicted molar refractivity (Wildman–Crippen MR) is 186 cm³/mol.